The zero-order valence-corrected chi connectivity index (χ0v) is 22.9. The van der Waals surface area contributed by atoms with Gasteiger partial charge in [0, 0.05) is 48.4 Å². The number of likely N-dealkylation sites (N-methyl/N-ethyl adjacent to an activating group) is 1. The molecule has 0 spiro atoms. The highest BCUT2D eigenvalue weighted by Gasteiger charge is 2.41. The summed E-state index contributed by atoms with van der Waals surface area (Å²) < 4.78 is 1.66. The number of fused-ring (bicyclic) bond motifs is 1. The fourth-order valence-corrected chi connectivity index (χ4v) is 5.90. The predicted molar refractivity (Wildman–Crippen MR) is 155 cm³/mol. The first-order valence-electron chi connectivity index (χ1n) is 13.3. The van der Waals surface area contributed by atoms with Crippen molar-refractivity contribution in [2.45, 2.75) is 25.4 Å². The van der Waals surface area contributed by atoms with Crippen LogP contribution in [0.25, 0.3) is 10.9 Å². The van der Waals surface area contributed by atoms with Gasteiger partial charge < -0.3 is 9.80 Å². The van der Waals surface area contributed by atoms with Crippen LogP contribution in [0.4, 0.5) is 5.69 Å². The number of rotatable bonds is 3. The average Bonchev–Trinajstić information content (AvgIpc) is 3.53. The molecule has 202 valence electrons. The summed E-state index contributed by atoms with van der Waals surface area (Å²) in [6.45, 7) is 0.819. The minimum absolute atomic E-state index is 0.183. The van der Waals surface area contributed by atoms with E-state index in [1.807, 2.05) is 60.7 Å². The molecular formula is C31H24ClN7O2. The van der Waals surface area contributed by atoms with Gasteiger partial charge in [-0.1, -0.05) is 53.9 Å². The number of carbonyl (C=O) groups is 2. The van der Waals surface area contributed by atoms with E-state index in [1.54, 1.807) is 27.7 Å². The Morgan fingerprint density at radius 3 is 2.71 bits per heavy atom. The summed E-state index contributed by atoms with van der Waals surface area (Å²) in [6, 6.07) is 18.5. The molecule has 10 heteroatoms. The zero-order chi connectivity index (χ0) is 28.1. The van der Waals surface area contributed by atoms with E-state index in [9.17, 15) is 9.59 Å². The van der Waals surface area contributed by atoms with Gasteiger partial charge in [-0.25, -0.2) is 9.67 Å². The molecule has 0 radical (unpaired) electrons. The lowest BCUT2D eigenvalue weighted by atomic mass is 10.0. The summed E-state index contributed by atoms with van der Waals surface area (Å²) in [4.78, 5) is 35.2. The van der Waals surface area contributed by atoms with Gasteiger partial charge in [0.25, 0.3) is 5.91 Å². The smallest absolute Gasteiger partial charge is 0.275 e. The molecule has 1 N–H and O–H groups in total. The van der Waals surface area contributed by atoms with E-state index in [2.05, 4.69) is 32.1 Å². The van der Waals surface area contributed by atoms with Crippen molar-refractivity contribution in [2.24, 2.45) is 0 Å². The Morgan fingerprint density at radius 1 is 1.07 bits per heavy atom. The van der Waals surface area contributed by atoms with Crippen molar-refractivity contribution >= 4 is 40.0 Å². The van der Waals surface area contributed by atoms with Gasteiger partial charge in [0.2, 0.25) is 5.91 Å². The molecule has 0 fully saturated rings. The summed E-state index contributed by atoms with van der Waals surface area (Å²) >= 11 is 6.68. The second kappa shape index (κ2) is 9.91. The molecular weight excluding hydrogens is 538 g/mol. The molecule has 1 atom stereocenters. The Morgan fingerprint density at radius 2 is 1.90 bits per heavy atom. The quantitative estimate of drug-likeness (QED) is 0.337. The van der Waals surface area contributed by atoms with Crippen LogP contribution < -0.4 is 4.90 Å². The maximum Gasteiger partial charge on any atom is 0.275 e. The fraction of sp³-hybridized carbons (Fsp3) is 0.194. The van der Waals surface area contributed by atoms with Gasteiger partial charge in [0.05, 0.1) is 17.7 Å². The number of nitrogens with one attached hydrogen (secondary N) is 1. The maximum atomic E-state index is 13.9. The third-order valence-corrected chi connectivity index (χ3v) is 8.11. The molecule has 5 aromatic rings. The van der Waals surface area contributed by atoms with Crippen LogP contribution in [0.15, 0.2) is 66.9 Å². The number of aromatic nitrogens is 5. The first-order valence-corrected chi connectivity index (χ1v) is 13.7. The molecule has 41 heavy (non-hydrogen) atoms. The molecule has 0 aliphatic carbocycles. The third-order valence-electron chi connectivity index (χ3n) is 7.68. The van der Waals surface area contributed by atoms with E-state index in [0.29, 0.717) is 59.2 Å². The van der Waals surface area contributed by atoms with Gasteiger partial charge in [0.1, 0.15) is 16.9 Å². The summed E-state index contributed by atoms with van der Waals surface area (Å²) in [5, 5.41) is 13.5. The van der Waals surface area contributed by atoms with Crippen LogP contribution in [-0.4, -0.2) is 61.3 Å². The van der Waals surface area contributed by atoms with Crippen molar-refractivity contribution in [3.8, 4) is 11.8 Å². The molecule has 0 saturated heterocycles. The van der Waals surface area contributed by atoms with Crippen LogP contribution in [0.5, 0.6) is 0 Å². The van der Waals surface area contributed by atoms with Gasteiger partial charge in [-0.05, 0) is 42.2 Å². The molecule has 0 saturated carbocycles. The average molecular weight is 562 g/mol. The number of aromatic amines is 1. The summed E-state index contributed by atoms with van der Waals surface area (Å²) in [6.07, 6.45) is 2.52. The molecule has 2 amide bonds. The highest BCUT2D eigenvalue weighted by atomic mass is 35.5. The van der Waals surface area contributed by atoms with Crippen molar-refractivity contribution in [1.82, 2.24) is 29.9 Å². The van der Waals surface area contributed by atoms with Crippen molar-refractivity contribution < 1.29 is 9.59 Å². The number of anilines is 1. The van der Waals surface area contributed by atoms with Crippen molar-refractivity contribution in [3.63, 3.8) is 0 Å². The van der Waals surface area contributed by atoms with Crippen LogP contribution >= 0.6 is 11.6 Å². The van der Waals surface area contributed by atoms with Gasteiger partial charge in [-0.15, -0.1) is 0 Å². The van der Waals surface area contributed by atoms with E-state index in [1.165, 1.54) is 0 Å². The van der Waals surface area contributed by atoms with Gasteiger partial charge in [-0.3, -0.25) is 14.7 Å². The molecule has 2 aromatic carbocycles. The number of pyridine rings is 1. The number of halogens is 1. The molecule has 7 rings (SSSR count). The van der Waals surface area contributed by atoms with Crippen molar-refractivity contribution in [3.05, 3.63) is 106 Å². The monoisotopic (exact) mass is 561 g/mol. The summed E-state index contributed by atoms with van der Waals surface area (Å²) in [7, 11) is 1.73. The Labute approximate surface area is 240 Å². The minimum atomic E-state index is -0.724. The Kier molecular flexibility index (Phi) is 6.06. The van der Waals surface area contributed by atoms with E-state index in [0.717, 1.165) is 22.2 Å². The zero-order valence-electron chi connectivity index (χ0n) is 22.1. The second-order valence-electron chi connectivity index (χ2n) is 10.2. The normalized spacial score (nSPS) is 16.4. The highest BCUT2D eigenvalue weighted by molar-refractivity contribution is 6.31. The lowest BCUT2D eigenvalue weighted by Crippen LogP contribution is -2.53. The molecule has 2 aliphatic heterocycles. The topological polar surface area (TPSA) is 100 Å². The molecule has 9 nitrogen and oxygen atoms in total. The summed E-state index contributed by atoms with van der Waals surface area (Å²) in [5.41, 5.74) is 5.63. The van der Waals surface area contributed by atoms with Crippen LogP contribution in [0, 0.1) is 11.8 Å². The number of amides is 2. The maximum absolute atomic E-state index is 13.9. The summed E-state index contributed by atoms with van der Waals surface area (Å²) in [5.74, 6) is 5.73. The number of H-pyrrole nitrogens is 1. The van der Waals surface area contributed by atoms with Crippen molar-refractivity contribution in [2.75, 3.05) is 18.5 Å². The van der Waals surface area contributed by atoms with E-state index in [-0.39, 0.29) is 11.8 Å². The fourth-order valence-electron chi connectivity index (χ4n) is 5.62. The third kappa shape index (κ3) is 4.33. The van der Waals surface area contributed by atoms with Crippen LogP contribution in [-0.2, 0) is 24.2 Å². The standard InChI is InChI=1S/C31H24ClN7O2/c1-37-25-16-20(10-11-21-9-5-6-13-33-21)15-23-27(25)24(35-34-23)17-26(30(37)40)38-14-12-22-28(31(38)41)36-39(29(22)32)18-19-7-3-2-4-8-19/h2-9,13,15-16,26H,12,14,17-18H2,1H3,(H,34,35)/t26-/m0/s1. The Bertz CT molecular complexity index is 1890. The van der Waals surface area contributed by atoms with Gasteiger partial charge in [0.15, 0.2) is 5.69 Å². The van der Waals surface area contributed by atoms with E-state index >= 15 is 0 Å². The van der Waals surface area contributed by atoms with E-state index < -0.39 is 6.04 Å². The minimum Gasteiger partial charge on any atom is -0.324 e. The molecule has 0 bridgehead atoms. The molecule has 3 aromatic heterocycles. The van der Waals surface area contributed by atoms with E-state index in [4.69, 9.17) is 11.6 Å². The number of nitrogens with zero attached hydrogens (tertiary/aromatic N) is 6. The van der Waals surface area contributed by atoms with Crippen LogP contribution in [0.2, 0.25) is 5.15 Å². The lowest BCUT2D eigenvalue weighted by Gasteiger charge is -2.34. The lowest BCUT2D eigenvalue weighted by molar-refractivity contribution is -0.122. The largest absolute Gasteiger partial charge is 0.324 e. The number of benzene rings is 2. The van der Waals surface area contributed by atoms with Crippen LogP contribution in [0.1, 0.15) is 38.6 Å². The second-order valence-corrected chi connectivity index (χ2v) is 10.5. The number of carbonyl (C=O) groups excluding carboxylic acids is 2. The van der Waals surface area contributed by atoms with Crippen molar-refractivity contribution in [1.29, 1.82) is 0 Å². The molecule has 5 heterocycles. The molecule has 0 unspecified atom stereocenters. The van der Waals surface area contributed by atoms with Gasteiger partial charge >= 0.3 is 0 Å². The first-order chi connectivity index (χ1) is 20.0. The van der Waals surface area contributed by atoms with Gasteiger partial charge in [-0.2, -0.15) is 10.2 Å². The SMILES string of the molecule is CN1C(=O)[C@@H](N2CCc3c(nn(Cc4ccccc4)c3Cl)C2=O)Cc2[nH]nc3cc(C#Cc4ccccn4)cc1c23. The predicted octanol–water partition coefficient (Wildman–Crippen LogP) is 3.84. The van der Waals surface area contributed by atoms with Crippen LogP contribution in [0.3, 0.4) is 0 Å². The number of hydrogen-bond acceptors (Lipinski definition) is 5. The number of hydrogen-bond donors (Lipinski definition) is 1. The highest BCUT2D eigenvalue weighted by Crippen LogP contribution is 2.36. The first kappa shape index (κ1) is 25.1. The molecule has 2 aliphatic rings. The Hall–Kier alpha value is -4.94. The Balaban J connectivity index is 1.20.